The molecule has 1 heterocycles. The second-order valence-electron chi connectivity index (χ2n) is 7.57. The van der Waals surface area contributed by atoms with Gasteiger partial charge in [0.15, 0.2) is 0 Å². The van der Waals surface area contributed by atoms with E-state index in [2.05, 4.69) is 34.5 Å². The van der Waals surface area contributed by atoms with Gasteiger partial charge in [0.25, 0.3) is 0 Å². The van der Waals surface area contributed by atoms with Crippen molar-refractivity contribution in [3.05, 3.63) is 35.9 Å². The number of likely N-dealkylation sites (tertiary alicyclic amines) is 1. The van der Waals surface area contributed by atoms with E-state index in [9.17, 15) is 14.7 Å². The third-order valence-corrected chi connectivity index (χ3v) is 5.71. The minimum Gasteiger partial charge on any atom is -0.481 e. The smallest absolute Gasteiger partial charge is 0.310 e. The lowest BCUT2D eigenvalue weighted by molar-refractivity contribution is -0.151. The van der Waals surface area contributed by atoms with E-state index < -0.39 is 11.4 Å². The number of nitrogens with one attached hydrogen (secondary N) is 1. The number of carboxylic acid groups (broad SMARTS) is 1. The summed E-state index contributed by atoms with van der Waals surface area (Å²) in [7, 11) is 0. The van der Waals surface area contributed by atoms with Crippen molar-refractivity contribution in [2.45, 2.75) is 57.5 Å². The predicted molar refractivity (Wildman–Crippen MR) is 96.0 cm³/mol. The molecule has 1 aromatic rings. The van der Waals surface area contributed by atoms with E-state index in [1.807, 2.05) is 6.07 Å². The van der Waals surface area contributed by atoms with Gasteiger partial charge < -0.3 is 10.4 Å². The van der Waals surface area contributed by atoms with Crippen LogP contribution >= 0.6 is 0 Å². The summed E-state index contributed by atoms with van der Waals surface area (Å²) in [6.07, 6.45) is 5.08. The first-order chi connectivity index (χ1) is 12.1. The van der Waals surface area contributed by atoms with Gasteiger partial charge in [-0.2, -0.15) is 0 Å². The summed E-state index contributed by atoms with van der Waals surface area (Å²) in [6, 6.07) is 10.6. The first-order valence-corrected chi connectivity index (χ1v) is 9.36. The molecule has 1 saturated heterocycles. The number of benzene rings is 1. The second-order valence-corrected chi connectivity index (χ2v) is 7.57. The number of carboxylic acids is 1. The van der Waals surface area contributed by atoms with Gasteiger partial charge in [-0.15, -0.1) is 0 Å². The van der Waals surface area contributed by atoms with Crippen molar-refractivity contribution in [3.63, 3.8) is 0 Å². The summed E-state index contributed by atoms with van der Waals surface area (Å²) < 4.78 is 0. The summed E-state index contributed by atoms with van der Waals surface area (Å²) in [5.41, 5.74) is 0.493. The van der Waals surface area contributed by atoms with E-state index in [1.54, 1.807) is 0 Å². The molecule has 0 atom stereocenters. The molecule has 5 heteroatoms. The van der Waals surface area contributed by atoms with Gasteiger partial charge in [-0.05, 0) is 31.2 Å². The maximum atomic E-state index is 12.4. The Morgan fingerprint density at radius 3 is 2.36 bits per heavy atom. The van der Waals surface area contributed by atoms with Crippen LogP contribution < -0.4 is 5.32 Å². The second kappa shape index (κ2) is 8.00. The van der Waals surface area contributed by atoms with E-state index in [-0.39, 0.29) is 18.4 Å². The molecular weight excluding hydrogens is 316 g/mol. The third kappa shape index (κ3) is 4.60. The van der Waals surface area contributed by atoms with E-state index in [0.717, 1.165) is 45.3 Å². The zero-order valence-corrected chi connectivity index (χ0v) is 14.7. The molecule has 0 radical (unpaired) electrons. The molecule has 1 aromatic carbocycles. The SMILES string of the molecule is O=C(CC1(C(=O)O)CCCC1)NC1CCN(Cc2ccccc2)CC1. The van der Waals surface area contributed by atoms with Crippen molar-refractivity contribution >= 4 is 11.9 Å². The lowest BCUT2D eigenvalue weighted by atomic mass is 9.82. The quantitative estimate of drug-likeness (QED) is 0.832. The number of carbonyl (C=O) groups excluding carboxylic acids is 1. The fourth-order valence-corrected chi connectivity index (χ4v) is 4.18. The number of piperidine rings is 1. The average Bonchev–Trinajstić information content (AvgIpc) is 3.07. The van der Waals surface area contributed by atoms with Crippen LogP contribution in [-0.4, -0.2) is 41.0 Å². The summed E-state index contributed by atoms with van der Waals surface area (Å²) in [5, 5.41) is 12.6. The molecule has 2 fully saturated rings. The molecule has 2 aliphatic rings. The van der Waals surface area contributed by atoms with Crippen LogP contribution in [0.4, 0.5) is 0 Å². The van der Waals surface area contributed by atoms with E-state index in [0.29, 0.717) is 12.8 Å². The van der Waals surface area contributed by atoms with Crippen LogP contribution in [0.15, 0.2) is 30.3 Å². The Kier molecular flexibility index (Phi) is 5.74. The standard InChI is InChI=1S/C20H28N2O3/c23-18(14-20(19(24)25)10-4-5-11-20)21-17-8-12-22(13-9-17)15-16-6-2-1-3-7-16/h1-3,6-7,17H,4-5,8-15H2,(H,21,23)(H,24,25). The van der Waals surface area contributed by atoms with Crippen LogP contribution in [0, 0.1) is 5.41 Å². The number of hydrogen-bond acceptors (Lipinski definition) is 3. The molecule has 1 aliphatic carbocycles. The van der Waals surface area contributed by atoms with Crippen molar-refractivity contribution in [3.8, 4) is 0 Å². The summed E-state index contributed by atoms with van der Waals surface area (Å²) in [4.78, 5) is 26.4. The zero-order valence-electron chi connectivity index (χ0n) is 14.7. The van der Waals surface area contributed by atoms with Gasteiger partial charge in [-0.3, -0.25) is 14.5 Å². The van der Waals surface area contributed by atoms with Crippen LogP contribution in [0.3, 0.4) is 0 Å². The molecule has 0 bridgehead atoms. The van der Waals surface area contributed by atoms with Gasteiger partial charge in [0.1, 0.15) is 0 Å². The monoisotopic (exact) mass is 344 g/mol. The third-order valence-electron chi connectivity index (χ3n) is 5.71. The number of amides is 1. The molecular formula is C20H28N2O3. The Labute approximate surface area is 149 Å². The van der Waals surface area contributed by atoms with Crippen LogP contribution in [0.2, 0.25) is 0 Å². The predicted octanol–water partition coefficient (Wildman–Crippen LogP) is 2.80. The first-order valence-electron chi connectivity index (χ1n) is 9.36. The van der Waals surface area contributed by atoms with Gasteiger partial charge in [0.2, 0.25) is 5.91 Å². The Morgan fingerprint density at radius 2 is 1.76 bits per heavy atom. The van der Waals surface area contributed by atoms with Crippen LogP contribution in [0.25, 0.3) is 0 Å². The molecule has 5 nitrogen and oxygen atoms in total. The maximum absolute atomic E-state index is 12.4. The van der Waals surface area contributed by atoms with Crippen LogP contribution in [-0.2, 0) is 16.1 Å². The van der Waals surface area contributed by atoms with Gasteiger partial charge in [-0.1, -0.05) is 43.2 Å². The minimum atomic E-state index is -0.821. The number of rotatable bonds is 6. The Bertz CT molecular complexity index is 588. The highest BCUT2D eigenvalue weighted by Gasteiger charge is 2.43. The van der Waals surface area contributed by atoms with Crippen molar-refractivity contribution in [2.75, 3.05) is 13.1 Å². The topological polar surface area (TPSA) is 69.6 Å². The highest BCUT2D eigenvalue weighted by atomic mass is 16.4. The lowest BCUT2D eigenvalue weighted by Gasteiger charge is -2.33. The zero-order chi connectivity index (χ0) is 17.7. The van der Waals surface area contributed by atoms with E-state index >= 15 is 0 Å². The molecule has 136 valence electrons. The van der Waals surface area contributed by atoms with Crippen molar-refractivity contribution in [1.29, 1.82) is 0 Å². The van der Waals surface area contributed by atoms with E-state index in [1.165, 1.54) is 5.56 Å². The fraction of sp³-hybridized carbons (Fsp3) is 0.600. The first kappa shape index (κ1) is 17.9. The van der Waals surface area contributed by atoms with Gasteiger partial charge >= 0.3 is 5.97 Å². The van der Waals surface area contributed by atoms with Crippen molar-refractivity contribution < 1.29 is 14.7 Å². The molecule has 0 aromatic heterocycles. The summed E-state index contributed by atoms with van der Waals surface area (Å²) >= 11 is 0. The fourth-order valence-electron chi connectivity index (χ4n) is 4.18. The Balaban J connectivity index is 1.44. The van der Waals surface area contributed by atoms with Crippen LogP contribution in [0.5, 0.6) is 0 Å². The van der Waals surface area contributed by atoms with Crippen molar-refractivity contribution in [2.24, 2.45) is 5.41 Å². The number of hydrogen-bond donors (Lipinski definition) is 2. The molecule has 1 saturated carbocycles. The minimum absolute atomic E-state index is 0.0918. The Morgan fingerprint density at radius 1 is 1.12 bits per heavy atom. The molecule has 0 unspecified atom stereocenters. The van der Waals surface area contributed by atoms with Gasteiger partial charge in [0, 0.05) is 32.1 Å². The van der Waals surface area contributed by atoms with Gasteiger partial charge in [0.05, 0.1) is 5.41 Å². The van der Waals surface area contributed by atoms with Gasteiger partial charge in [-0.25, -0.2) is 0 Å². The molecule has 2 N–H and O–H groups in total. The highest BCUT2D eigenvalue weighted by Crippen LogP contribution is 2.41. The number of aliphatic carboxylic acids is 1. The van der Waals surface area contributed by atoms with E-state index in [4.69, 9.17) is 0 Å². The van der Waals surface area contributed by atoms with Crippen LogP contribution in [0.1, 0.15) is 50.5 Å². The lowest BCUT2D eigenvalue weighted by Crippen LogP contribution is -2.46. The number of carbonyl (C=O) groups is 2. The Hall–Kier alpha value is -1.88. The molecule has 0 spiro atoms. The summed E-state index contributed by atoms with van der Waals surface area (Å²) in [6.45, 7) is 2.87. The molecule has 1 aliphatic heterocycles. The maximum Gasteiger partial charge on any atom is 0.310 e. The molecule has 1 amide bonds. The number of nitrogens with zero attached hydrogens (tertiary/aromatic N) is 1. The van der Waals surface area contributed by atoms with Crippen molar-refractivity contribution in [1.82, 2.24) is 10.2 Å². The molecule has 3 rings (SSSR count). The largest absolute Gasteiger partial charge is 0.481 e. The average molecular weight is 344 g/mol. The normalized spacial score (nSPS) is 21.1. The highest BCUT2D eigenvalue weighted by molar-refractivity contribution is 5.85. The molecule has 25 heavy (non-hydrogen) atoms. The summed E-state index contributed by atoms with van der Waals surface area (Å²) in [5.74, 6) is -0.899.